The molecule has 5 nitrogen and oxygen atoms in total. The topological polar surface area (TPSA) is 60.7 Å². The SMILES string of the molecule is CCCCCn1c(-c2ccc(OCC(O)COC(=O)C(C)(CC(C)(C)I)C(C)(C)I)cc2C(F)(F)F)cc2ccccc21. The smallest absolute Gasteiger partial charge is 0.417 e. The molecule has 1 aromatic heterocycles. The molecule has 10 heteroatoms. The van der Waals surface area contributed by atoms with E-state index in [9.17, 15) is 23.1 Å². The molecule has 0 amide bonds. The van der Waals surface area contributed by atoms with E-state index in [0.717, 1.165) is 36.2 Å². The molecule has 0 fully saturated rings. The van der Waals surface area contributed by atoms with Crippen LogP contribution in [0.2, 0.25) is 0 Å². The summed E-state index contributed by atoms with van der Waals surface area (Å²) in [5.41, 5.74) is -0.175. The number of carbonyl (C=O) groups excluding carboxylic acids is 1. The van der Waals surface area contributed by atoms with Crippen LogP contribution < -0.4 is 4.74 Å². The Morgan fingerprint density at radius 1 is 0.977 bits per heavy atom. The Labute approximate surface area is 280 Å². The number of carbonyl (C=O) groups is 1. The van der Waals surface area contributed by atoms with E-state index in [1.165, 1.54) is 12.1 Å². The van der Waals surface area contributed by atoms with Crippen molar-refractivity contribution in [2.45, 2.75) is 92.9 Å². The average molecular weight is 828 g/mol. The third kappa shape index (κ3) is 9.24. The Morgan fingerprint density at radius 3 is 2.26 bits per heavy atom. The number of aliphatic hydroxyl groups excluding tert-OH is 1. The molecular formula is C33H42F3I2NO4. The van der Waals surface area contributed by atoms with Crippen LogP contribution in [0, 0.1) is 5.41 Å². The number of hydrogen-bond acceptors (Lipinski definition) is 4. The zero-order valence-corrected chi connectivity index (χ0v) is 30.0. The largest absolute Gasteiger partial charge is 0.491 e. The summed E-state index contributed by atoms with van der Waals surface area (Å²) in [6.45, 7) is 11.9. The van der Waals surface area contributed by atoms with Crippen molar-refractivity contribution in [3.63, 3.8) is 0 Å². The first-order valence-corrected chi connectivity index (χ1v) is 16.7. The lowest BCUT2D eigenvalue weighted by Gasteiger charge is -2.41. The van der Waals surface area contributed by atoms with Gasteiger partial charge < -0.3 is 19.1 Å². The van der Waals surface area contributed by atoms with Gasteiger partial charge in [-0.3, -0.25) is 4.79 Å². The second kappa shape index (κ2) is 14.3. The van der Waals surface area contributed by atoms with Crippen molar-refractivity contribution in [1.82, 2.24) is 4.57 Å². The lowest BCUT2D eigenvalue weighted by atomic mass is 9.73. The van der Waals surface area contributed by atoms with Gasteiger partial charge >= 0.3 is 12.1 Å². The van der Waals surface area contributed by atoms with E-state index in [1.807, 2.05) is 63.5 Å². The molecule has 0 saturated heterocycles. The lowest BCUT2D eigenvalue weighted by Crippen LogP contribution is -2.48. The summed E-state index contributed by atoms with van der Waals surface area (Å²) in [4.78, 5) is 13.2. The van der Waals surface area contributed by atoms with E-state index in [2.05, 4.69) is 52.1 Å². The van der Waals surface area contributed by atoms with Crippen LogP contribution >= 0.6 is 45.2 Å². The number of aromatic nitrogens is 1. The van der Waals surface area contributed by atoms with Gasteiger partial charge in [-0.05, 0) is 63.9 Å². The number of fused-ring (bicyclic) bond motifs is 1. The molecule has 2 atom stereocenters. The molecule has 0 aliphatic carbocycles. The fraction of sp³-hybridized carbons (Fsp3) is 0.545. The minimum absolute atomic E-state index is 0.0278. The van der Waals surface area contributed by atoms with Gasteiger partial charge in [0.25, 0.3) is 0 Å². The second-order valence-electron chi connectivity index (χ2n) is 12.4. The van der Waals surface area contributed by atoms with Crippen LogP contribution in [0.15, 0.2) is 48.5 Å². The number of rotatable bonds is 14. The van der Waals surface area contributed by atoms with E-state index >= 15 is 0 Å². The number of esters is 1. The summed E-state index contributed by atoms with van der Waals surface area (Å²) >= 11 is 4.54. The van der Waals surface area contributed by atoms with Crippen molar-refractivity contribution in [2.75, 3.05) is 13.2 Å². The van der Waals surface area contributed by atoms with Gasteiger partial charge in [-0.2, -0.15) is 13.2 Å². The summed E-state index contributed by atoms with van der Waals surface area (Å²) in [5, 5.41) is 11.4. The third-order valence-corrected chi connectivity index (χ3v) is 9.33. The first-order valence-electron chi connectivity index (χ1n) is 14.5. The summed E-state index contributed by atoms with van der Waals surface area (Å²) in [6, 6.07) is 13.3. The quantitative estimate of drug-likeness (QED) is 0.0762. The molecule has 2 unspecified atom stereocenters. The van der Waals surface area contributed by atoms with Crippen molar-refractivity contribution in [3.8, 4) is 17.0 Å². The van der Waals surface area contributed by atoms with Crippen molar-refractivity contribution in [1.29, 1.82) is 0 Å². The molecule has 1 N–H and O–H groups in total. The van der Waals surface area contributed by atoms with Gasteiger partial charge in [-0.25, -0.2) is 0 Å². The molecule has 2 aromatic carbocycles. The van der Waals surface area contributed by atoms with E-state index in [0.29, 0.717) is 18.7 Å². The lowest BCUT2D eigenvalue weighted by molar-refractivity contribution is -0.160. The Kier molecular flexibility index (Phi) is 11.9. The van der Waals surface area contributed by atoms with Crippen LogP contribution in [0.25, 0.3) is 22.2 Å². The number of halogens is 5. The second-order valence-corrected chi connectivity index (χ2v) is 18.0. The molecule has 0 aliphatic heterocycles. The number of aliphatic hydroxyl groups is 1. The Morgan fingerprint density at radius 2 is 1.65 bits per heavy atom. The van der Waals surface area contributed by atoms with Gasteiger partial charge in [0.1, 0.15) is 25.1 Å². The van der Waals surface area contributed by atoms with Crippen LogP contribution in [-0.4, -0.2) is 41.8 Å². The van der Waals surface area contributed by atoms with Gasteiger partial charge in [-0.1, -0.05) is 97.0 Å². The van der Waals surface area contributed by atoms with Crippen molar-refractivity contribution in [2.24, 2.45) is 5.41 Å². The van der Waals surface area contributed by atoms with Crippen LogP contribution in [0.4, 0.5) is 13.2 Å². The summed E-state index contributed by atoms with van der Waals surface area (Å²) in [7, 11) is 0. The molecule has 3 rings (SSSR count). The van der Waals surface area contributed by atoms with Crippen LogP contribution in [0.1, 0.15) is 72.8 Å². The number of alkyl halides is 5. The summed E-state index contributed by atoms with van der Waals surface area (Å²) in [5.74, 6) is -0.464. The number of ether oxygens (including phenoxy) is 2. The monoisotopic (exact) mass is 827 g/mol. The molecule has 1 heterocycles. The average Bonchev–Trinajstić information content (AvgIpc) is 3.26. The first-order chi connectivity index (χ1) is 19.9. The first kappa shape index (κ1) is 35.9. The molecule has 0 aliphatic rings. The van der Waals surface area contributed by atoms with E-state index < -0.39 is 32.6 Å². The maximum atomic E-state index is 14.4. The third-order valence-electron chi connectivity index (χ3n) is 7.75. The fourth-order valence-electron chi connectivity index (χ4n) is 5.20. The molecule has 3 aromatic rings. The van der Waals surface area contributed by atoms with Crippen LogP contribution in [0.3, 0.4) is 0 Å². The Bertz CT molecular complexity index is 1390. The Balaban J connectivity index is 1.79. The zero-order valence-electron chi connectivity index (χ0n) is 25.7. The molecule has 0 radical (unpaired) electrons. The number of unbranched alkanes of at least 4 members (excludes halogenated alkanes) is 2. The predicted octanol–water partition coefficient (Wildman–Crippen LogP) is 9.62. The molecule has 0 spiro atoms. The molecule has 0 saturated carbocycles. The summed E-state index contributed by atoms with van der Waals surface area (Å²) < 4.78 is 55.6. The highest BCUT2D eigenvalue weighted by atomic mass is 127. The number of para-hydroxylation sites is 1. The van der Waals surface area contributed by atoms with E-state index in [1.54, 1.807) is 6.07 Å². The van der Waals surface area contributed by atoms with Gasteiger partial charge in [0, 0.05) is 35.5 Å². The van der Waals surface area contributed by atoms with Gasteiger partial charge in [0.2, 0.25) is 0 Å². The minimum Gasteiger partial charge on any atom is -0.491 e. The van der Waals surface area contributed by atoms with Crippen molar-refractivity contribution in [3.05, 3.63) is 54.1 Å². The van der Waals surface area contributed by atoms with Gasteiger partial charge in [0.05, 0.1) is 11.0 Å². The highest BCUT2D eigenvalue weighted by Crippen LogP contribution is 2.47. The van der Waals surface area contributed by atoms with Crippen LogP contribution in [0.5, 0.6) is 5.75 Å². The Hall–Kier alpha value is -1.54. The van der Waals surface area contributed by atoms with E-state index in [4.69, 9.17) is 9.47 Å². The molecule has 0 bridgehead atoms. The van der Waals surface area contributed by atoms with Crippen molar-refractivity contribution < 1.29 is 32.5 Å². The molecule has 238 valence electrons. The number of nitrogens with zero attached hydrogens (tertiary/aromatic N) is 1. The summed E-state index contributed by atoms with van der Waals surface area (Å²) in [6.07, 6.45) is -2.44. The highest BCUT2D eigenvalue weighted by molar-refractivity contribution is 14.1. The normalized spacial score (nSPS) is 14.9. The zero-order chi connectivity index (χ0) is 32.2. The van der Waals surface area contributed by atoms with Gasteiger partial charge in [-0.15, -0.1) is 0 Å². The highest BCUT2D eigenvalue weighted by Gasteiger charge is 2.49. The fourth-order valence-corrected chi connectivity index (χ4v) is 6.38. The van der Waals surface area contributed by atoms with E-state index in [-0.39, 0.29) is 27.9 Å². The number of hydrogen-bond donors (Lipinski definition) is 1. The number of benzene rings is 2. The minimum atomic E-state index is -4.63. The predicted molar refractivity (Wildman–Crippen MR) is 183 cm³/mol. The van der Waals surface area contributed by atoms with Crippen molar-refractivity contribution >= 4 is 62.1 Å². The van der Waals surface area contributed by atoms with Gasteiger partial charge in [0.15, 0.2) is 0 Å². The standard InChI is InChI=1S/C33H42F3I2NO4/c1-7-8-11-16-39-27-13-10-9-12-22(27)17-28(39)25-15-14-24(18-26(25)33(34,35)36)42-19-23(40)20-43-29(41)32(6,31(4,5)38)21-30(2,3)37/h9-10,12-15,17-18,23,40H,7-8,11,16,19-21H2,1-6H3. The number of aryl methyl sites for hydroxylation is 1. The molecule has 43 heavy (non-hydrogen) atoms. The maximum absolute atomic E-state index is 14.4. The van der Waals surface area contributed by atoms with Crippen LogP contribution in [-0.2, 0) is 22.3 Å². The molecular weight excluding hydrogens is 785 g/mol. The maximum Gasteiger partial charge on any atom is 0.417 e.